The molecule has 5 aliphatic rings. The third-order valence-electron chi connectivity index (χ3n) is 16.2. The molecule has 0 spiro atoms. The Labute approximate surface area is 378 Å². The first kappa shape index (κ1) is 37.8. The van der Waals surface area contributed by atoms with Crippen LogP contribution in [0.2, 0.25) is 0 Å². The summed E-state index contributed by atoms with van der Waals surface area (Å²) < 4.78 is 0. The number of fused-ring (bicyclic) bond motifs is 5. The Bertz CT molecular complexity index is 3230. The van der Waals surface area contributed by atoms with Gasteiger partial charge in [0.25, 0.3) is 0 Å². The Morgan fingerprint density at radius 2 is 0.906 bits per heavy atom. The van der Waals surface area contributed by atoms with Gasteiger partial charge in [-0.2, -0.15) is 0 Å². The Balaban J connectivity index is 0.969. The normalized spacial score (nSPS) is 21.2. The fourth-order valence-corrected chi connectivity index (χ4v) is 13.6. The molecule has 0 atom stereocenters. The Morgan fingerprint density at radius 3 is 1.59 bits per heavy atom. The lowest BCUT2D eigenvalue weighted by atomic mass is 9.48. The van der Waals surface area contributed by atoms with E-state index in [1.54, 1.807) is 5.56 Å². The van der Waals surface area contributed by atoms with Gasteiger partial charge in [-0.05, 0) is 175 Å². The lowest BCUT2D eigenvalue weighted by Crippen LogP contribution is -2.48. The van der Waals surface area contributed by atoms with Crippen LogP contribution in [-0.2, 0) is 10.8 Å². The van der Waals surface area contributed by atoms with E-state index >= 15 is 0 Å². The molecule has 0 N–H and O–H groups in total. The smallest absolute Gasteiger partial charge is 0.0540 e. The van der Waals surface area contributed by atoms with Gasteiger partial charge in [0.05, 0.1) is 5.69 Å². The van der Waals surface area contributed by atoms with Crippen LogP contribution in [0.3, 0.4) is 0 Å². The SMILES string of the molecule is CC1(C)c2ccccc2-c2ccc(N(c3ccc(-c4ccc(C56CC7CC(CC(C7)C5)C6)cc4)cc3)c3ccc(-c4cccc5ccccc45)cc3-c3cccc4ccccc34)cc21. The second-order valence-electron chi connectivity index (χ2n) is 20.3. The van der Waals surface area contributed by atoms with Crippen molar-refractivity contribution in [3.8, 4) is 44.5 Å². The summed E-state index contributed by atoms with van der Waals surface area (Å²) in [5, 5.41) is 5.00. The molecule has 4 saturated carbocycles. The maximum Gasteiger partial charge on any atom is 0.0540 e. The highest BCUT2D eigenvalue weighted by Gasteiger charge is 2.51. The second kappa shape index (κ2) is 14.4. The number of hydrogen-bond acceptors (Lipinski definition) is 1. The molecule has 0 aromatic heterocycles. The minimum absolute atomic E-state index is 0.128. The topological polar surface area (TPSA) is 3.24 Å². The average molecular weight is 824 g/mol. The van der Waals surface area contributed by atoms with E-state index in [9.17, 15) is 0 Å². The number of nitrogens with zero attached hydrogens (tertiary/aromatic N) is 1. The zero-order valence-corrected chi connectivity index (χ0v) is 36.9. The van der Waals surface area contributed by atoms with E-state index in [0.717, 1.165) is 34.8 Å². The van der Waals surface area contributed by atoms with Crippen LogP contribution in [0.4, 0.5) is 17.1 Å². The Hall–Kier alpha value is -6.70. The van der Waals surface area contributed by atoms with Gasteiger partial charge < -0.3 is 4.90 Å². The van der Waals surface area contributed by atoms with Crippen LogP contribution in [0.1, 0.15) is 69.1 Å². The number of hydrogen-bond donors (Lipinski definition) is 0. The summed E-state index contributed by atoms with van der Waals surface area (Å²) in [5.74, 6) is 2.84. The zero-order valence-electron chi connectivity index (χ0n) is 36.9. The van der Waals surface area contributed by atoms with Crippen LogP contribution in [0.25, 0.3) is 66.1 Å². The van der Waals surface area contributed by atoms with Crippen LogP contribution in [0, 0.1) is 17.8 Å². The maximum absolute atomic E-state index is 2.52. The minimum atomic E-state index is -0.128. The van der Waals surface area contributed by atoms with E-state index in [-0.39, 0.29) is 5.41 Å². The van der Waals surface area contributed by atoms with Gasteiger partial charge in [0.2, 0.25) is 0 Å². The van der Waals surface area contributed by atoms with Gasteiger partial charge in [-0.1, -0.05) is 172 Å². The maximum atomic E-state index is 2.52. The fraction of sp³-hybridized carbons (Fsp3) is 0.206. The minimum Gasteiger partial charge on any atom is -0.310 e. The van der Waals surface area contributed by atoms with Crippen molar-refractivity contribution in [2.45, 2.75) is 63.2 Å². The van der Waals surface area contributed by atoms with Crippen molar-refractivity contribution in [3.63, 3.8) is 0 Å². The zero-order chi connectivity index (χ0) is 42.6. The molecule has 0 heterocycles. The van der Waals surface area contributed by atoms with Gasteiger partial charge in [0.15, 0.2) is 0 Å². The number of benzene rings is 9. The van der Waals surface area contributed by atoms with Crippen molar-refractivity contribution in [2.24, 2.45) is 17.8 Å². The lowest BCUT2D eigenvalue weighted by molar-refractivity contribution is -0.00518. The predicted octanol–water partition coefficient (Wildman–Crippen LogP) is 17.2. The quantitative estimate of drug-likeness (QED) is 0.155. The largest absolute Gasteiger partial charge is 0.310 e. The third kappa shape index (κ3) is 5.97. The van der Waals surface area contributed by atoms with Crippen LogP contribution < -0.4 is 4.90 Å². The first-order chi connectivity index (χ1) is 31.4. The van der Waals surface area contributed by atoms with Crippen molar-refractivity contribution in [1.29, 1.82) is 0 Å². The van der Waals surface area contributed by atoms with E-state index in [2.05, 4.69) is 213 Å². The molecule has 4 bridgehead atoms. The van der Waals surface area contributed by atoms with Crippen molar-refractivity contribution < 1.29 is 0 Å². The molecule has 9 aromatic carbocycles. The molecule has 5 aliphatic carbocycles. The van der Waals surface area contributed by atoms with Gasteiger partial charge in [0.1, 0.15) is 0 Å². The molecule has 9 aromatic rings. The Kier molecular flexibility index (Phi) is 8.52. The van der Waals surface area contributed by atoms with E-state index in [4.69, 9.17) is 0 Å². The fourth-order valence-electron chi connectivity index (χ4n) is 13.6. The van der Waals surface area contributed by atoms with Crippen LogP contribution in [0.15, 0.2) is 194 Å². The molecular formula is C63H53N. The standard InChI is InChI=1S/C63H53N/c1-62(2)59-20-8-7-17-56(59)57-31-30-51(37-60(57)62)64(50-28-23-45(24-29-50)44-21-26-49(27-22-44)63-38-41-33-42(39-63)35-43(34-41)40-63)61-32-25-48(54-18-9-13-46-11-3-5-15-52(46)54)36-58(61)55-19-10-14-47-12-4-6-16-53(47)55/h3-32,36-37,41-43H,33-35,38-40H2,1-2H3. The molecule has 64 heavy (non-hydrogen) atoms. The highest BCUT2D eigenvalue weighted by atomic mass is 15.1. The van der Waals surface area contributed by atoms with Crippen molar-refractivity contribution in [2.75, 3.05) is 4.90 Å². The summed E-state index contributed by atoms with van der Waals surface area (Å²) in [6.45, 7) is 4.77. The molecule has 0 unspecified atom stereocenters. The number of anilines is 3. The summed E-state index contributed by atoms with van der Waals surface area (Å²) in [4.78, 5) is 2.52. The predicted molar refractivity (Wildman–Crippen MR) is 270 cm³/mol. The molecule has 0 amide bonds. The van der Waals surface area contributed by atoms with Crippen molar-refractivity contribution in [3.05, 3.63) is 211 Å². The van der Waals surface area contributed by atoms with Gasteiger partial charge in [0, 0.05) is 22.4 Å². The monoisotopic (exact) mass is 823 g/mol. The Morgan fingerprint density at radius 1 is 0.391 bits per heavy atom. The van der Waals surface area contributed by atoms with Crippen LogP contribution >= 0.6 is 0 Å². The van der Waals surface area contributed by atoms with Crippen LogP contribution in [0.5, 0.6) is 0 Å². The molecule has 1 heteroatoms. The summed E-state index contributed by atoms with van der Waals surface area (Å²) in [5.41, 5.74) is 18.2. The lowest BCUT2D eigenvalue weighted by Gasteiger charge is -2.57. The van der Waals surface area contributed by atoms with Gasteiger partial charge >= 0.3 is 0 Å². The second-order valence-corrected chi connectivity index (χ2v) is 20.3. The third-order valence-corrected chi connectivity index (χ3v) is 16.2. The molecule has 0 radical (unpaired) electrons. The molecule has 14 rings (SSSR count). The summed E-state index contributed by atoms with van der Waals surface area (Å²) in [7, 11) is 0. The molecule has 1 nitrogen and oxygen atoms in total. The van der Waals surface area contributed by atoms with E-state index in [1.165, 1.54) is 116 Å². The average Bonchev–Trinajstić information content (AvgIpc) is 3.56. The van der Waals surface area contributed by atoms with Crippen LogP contribution in [-0.4, -0.2) is 0 Å². The summed E-state index contributed by atoms with van der Waals surface area (Å²) in [6, 6.07) is 73.5. The van der Waals surface area contributed by atoms with Crippen molar-refractivity contribution in [1.82, 2.24) is 0 Å². The highest BCUT2D eigenvalue weighted by Crippen LogP contribution is 2.61. The van der Waals surface area contributed by atoms with Gasteiger partial charge in [-0.3, -0.25) is 0 Å². The van der Waals surface area contributed by atoms with Crippen molar-refractivity contribution >= 4 is 38.6 Å². The highest BCUT2D eigenvalue weighted by molar-refractivity contribution is 6.04. The molecule has 0 saturated heterocycles. The van der Waals surface area contributed by atoms with E-state index in [1.807, 2.05) is 0 Å². The first-order valence-electron chi connectivity index (χ1n) is 23.7. The van der Waals surface area contributed by atoms with E-state index < -0.39 is 0 Å². The summed E-state index contributed by atoms with van der Waals surface area (Å²) in [6.07, 6.45) is 8.65. The number of rotatable bonds is 7. The molecule has 4 fully saturated rings. The first-order valence-corrected chi connectivity index (χ1v) is 23.7. The molecule has 310 valence electrons. The van der Waals surface area contributed by atoms with E-state index in [0.29, 0.717) is 5.41 Å². The molecule has 0 aliphatic heterocycles. The van der Waals surface area contributed by atoms with Gasteiger partial charge in [-0.25, -0.2) is 0 Å². The summed E-state index contributed by atoms with van der Waals surface area (Å²) >= 11 is 0. The van der Waals surface area contributed by atoms with Gasteiger partial charge in [-0.15, -0.1) is 0 Å². The molecular weight excluding hydrogens is 771 g/mol.